The number of Topliss-reactive ketones (excluding diaryl/α,β-unsaturated/α-hetero) is 1. The van der Waals surface area contributed by atoms with Crippen LogP contribution in [0.15, 0.2) is 34.9 Å². The molecule has 0 aliphatic carbocycles. The summed E-state index contributed by atoms with van der Waals surface area (Å²) >= 11 is 4.36. The molecular weight excluding hydrogens is 354 g/mol. The third-order valence-electron chi connectivity index (χ3n) is 4.93. The van der Waals surface area contributed by atoms with Crippen LogP contribution < -0.4 is 5.32 Å². The standard InChI is InChI=1S/C19H21NO5S/c1-11(16(21)13-10-24-15-8-4-3-6-12(13)15)19(2,26)18(23)25-17(22)14-7-5-9-20-14/h3-4,6,8,10-11,14,20,26H,5,7,9H2,1-2H3/t11?,14-,19?/m0/s1. The minimum Gasteiger partial charge on any atom is -0.464 e. The van der Waals surface area contributed by atoms with Crippen molar-refractivity contribution >= 4 is 41.3 Å². The van der Waals surface area contributed by atoms with E-state index in [0.717, 1.165) is 6.42 Å². The summed E-state index contributed by atoms with van der Waals surface area (Å²) in [4.78, 5) is 37.4. The highest BCUT2D eigenvalue weighted by Gasteiger charge is 2.43. The van der Waals surface area contributed by atoms with Gasteiger partial charge < -0.3 is 14.5 Å². The number of carbonyl (C=O) groups excluding carboxylic acids is 3. The second-order valence-electron chi connectivity index (χ2n) is 6.74. The van der Waals surface area contributed by atoms with E-state index in [-0.39, 0.29) is 5.78 Å². The number of ether oxygens (including phenoxy) is 1. The smallest absolute Gasteiger partial charge is 0.330 e. The minimum absolute atomic E-state index is 0.296. The lowest BCUT2D eigenvalue weighted by molar-refractivity contribution is -0.163. The fraction of sp³-hybridized carbons (Fsp3) is 0.421. The zero-order valence-electron chi connectivity index (χ0n) is 14.7. The maximum absolute atomic E-state index is 12.9. The van der Waals surface area contributed by atoms with Crippen LogP contribution in [0.5, 0.6) is 0 Å². The van der Waals surface area contributed by atoms with Gasteiger partial charge in [0.2, 0.25) is 0 Å². The number of fused-ring (bicyclic) bond motifs is 1. The summed E-state index contributed by atoms with van der Waals surface area (Å²) in [5.41, 5.74) is 0.971. The first-order chi connectivity index (χ1) is 12.3. The zero-order valence-corrected chi connectivity index (χ0v) is 15.5. The Morgan fingerprint density at radius 3 is 2.77 bits per heavy atom. The van der Waals surface area contributed by atoms with Gasteiger partial charge >= 0.3 is 11.9 Å². The Kier molecular flexibility index (Phi) is 5.20. The van der Waals surface area contributed by atoms with E-state index in [2.05, 4.69) is 17.9 Å². The van der Waals surface area contributed by atoms with E-state index >= 15 is 0 Å². The van der Waals surface area contributed by atoms with Crippen molar-refractivity contribution in [2.24, 2.45) is 5.92 Å². The number of furan rings is 1. The van der Waals surface area contributed by atoms with E-state index in [1.54, 1.807) is 25.1 Å². The molecule has 1 aromatic carbocycles. The van der Waals surface area contributed by atoms with Gasteiger partial charge in [0.25, 0.3) is 0 Å². The van der Waals surface area contributed by atoms with Gasteiger partial charge in [-0.05, 0) is 32.4 Å². The summed E-state index contributed by atoms with van der Waals surface area (Å²) < 4.78 is 8.93. The molecule has 138 valence electrons. The van der Waals surface area contributed by atoms with Crippen molar-refractivity contribution < 1.29 is 23.5 Å². The Morgan fingerprint density at radius 2 is 2.08 bits per heavy atom. The van der Waals surface area contributed by atoms with Crippen LogP contribution in [0.4, 0.5) is 0 Å². The number of thiol groups is 1. The lowest BCUT2D eigenvalue weighted by atomic mass is 9.87. The molecule has 0 radical (unpaired) electrons. The lowest BCUT2D eigenvalue weighted by Crippen LogP contribution is -2.45. The highest BCUT2D eigenvalue weighted by Crippen LogP contribution is 2.32. The number of hydrogen-bond acceptors (Lipinski definition) is 7. The van der Waals surface area contributed by atoms with E-state index in [1.165, 1.54) is 13.2 Å². The molecule has 1 aliphatic rings. The van der Waals surface area contributed by atoms with Crippen LogP contribution in [0.1, 0.15) is 37.0 Å². The molecule has 6 nitrogen and oxygen atoms in total. The monoisotopic (exact) mass is 375 g/mol. The topological polar surface area (TPSA) is 85.6 Å². The Labute approximate surface area is 156 Å². The fourth-order valence-electron chi connectivity index (χ4n) is 2.99. The molecule has 0 bridgehead atoms. The Balaban J connectivity index is 1.76. The maximum atomic E-state index is 12.9. The molecule has 7 heteroatoms. The normalized spacial score (nSPS) is 20.5. The van der Waals surface area contributed by atoms with Crippen molar-refractivity contribution in [2.45, 2.75) is 37.5 Å². The predicted molar refractivity (Wildman–Crippen MR) is 99.2 cm³/mol. The van der Waals surface area contributed by atoms with Gasteiger partial charge in [0.1, 0.15) is 22.6 Å². The second-order valence-corrected chi connectivity index (χ2v) is 7.67. The summed E-state index contributed by atoms with van der Waals surface area (Å²) in [7, 11) is 0. The van der Waals surface area contributed by atoms with Gasteiger partial charge in [-0.3, -0.25) is 9.59 Å². The molecule has 1 saturated heterocycles. The molecular formula is C19H21NO5S. The van der Waals surface area contributed by atoms with E-state index in [1.807, 2.05) is 6.07 Å². The van der Waals surface area contributed by atoms with Crippen LogP contribution >= 0.6 is 12.6 Å². The van der Waals surface area contributed by atoms with Gasteiger partial charge in [0.15, 0.2) is 5.78 Å². The zero-order chi connectivity index (χ0) is 18.9. The summed E-state index contributed by atoms with van der Waals surface area (Å²) in [5, 5.41) is 3.65. The van der Waals surface area contributed by atoms with E-state index in [9.17, 15) is 14.4 Å². The molecule has 1 N–H and O–H groups in total. The summed E-state index contributed by atoms with van der Waals surface area (Å²) in [6, 6.07) is 6.68. The van der Waals surface area contributed by atoms with Gasteiger partial charge in [-0.15, -0.1) is 0 Å². The Hall–Kier alpha value is -2.12. The van der Waals surface area contributed by atoms with Crippen molar-refractivity contribution in [3.63, 3.8) is 0 Å². The molecule has 2 unspecified atom stereocenters. The van der Waals surface area contributed by atoms with E-state index in [0.29, 0.717) is 29.5 Å². The van der Waals surface area contributed by atoms with Gasteiger partial charge in [-0.25, -0.2) is 4.79 Å². The van der Waals surface area contributed by atoms with Crippen molar-refractivity contribution in [3.05, 3.63) is 36.1 Å². The summed E-state index contributed by atoms with van der Waals surface area (Å²) in [6.07, 6.45) is 2.87. The van der Waals surface area contributed by atoms with Gasteiger partial charge in [0.05, 0.1) is 5.56 Å². The number of hydrogen-bond donors (Lipinski definition) is 2. The molecule has 1 aromatic heterocycles. The second kappa shape index (κ2) is 7.25. The van der Waals surface area contributed by atoms with Crippen LogP contribution in [0.3, 0.4) is 0 Å². The van der Waals surface area contributed by atoms with Crippen LogP contribution in [0, 0.1) is 5.92 Å². The van der Waals surface area contributed by atoms with Gasteiger partial charge in [0, 0.05) is 11.3 Å². The Morgan fingerprint density at radius 1 is 1.35 bits per heavy atom. The molecule has 1 aliphatic heterocycles. The van der Waals surface area contributed by atoms with Crippen molar-refractivity contribution in [2.75, 3.05) is 6.54 Å². The molecule has 3 rings (SSSR count). The van der Waals surface area contributed by atoms with E-state index < -0.39 is 28.6 Å². The predicted octanol–water partition coefficient (Wildman–Crippen LogP) is 2.76. The number of rotatable bonds is 5. The molecule has 3 atom stereocenters. The lowest BCUT2D eigenvalue weighted by Gasteiger charge is -2.27. The fourth-order valence-corrected chi connectivity index (χ4v) is 3.15. The number of ketones is 1. The number of para-hydroxylation sites is 1. The number of benzene rings is 1. The van der Waals surface area contributed by atoms with Crippen molar-refractivity contribution in [3.8, 4) is 0 Å². The van der Waals surface area contributed by atoms with Crippen molar-refractivity contribution in [1.82, 2.24) is 5.32 Å². The van der Waals surface area contributed by atoms with Gasteiger partial charge in [-0.1, -0.05) is 25.1 Å². The molecule has 0 saturated carbocycles. The SMILES string of the molecule is CC(C(=O)c1coc2ccccc12)C(C)(S)C(=O)OC(=O)[C@@H]1CCCN1. The number of nitrogens with one attached hydrogen (secondary N) is 1. The Bertz CT molecular complexity index is 850. The minimum atomic E-state index is -1.45. The first-order valence-corrected chi connectivity index (χ1v) is 8.99. The summed E-state index contributed by atoms with van der Waals surface area (Å²) in [6.45, 7) is 3.80. The molecule has 1 fully saturated rings. The highest BCUT2D eigenvalue weighted by molar-refractivity contribution is 7.82. The maximum Gasteiger partial charge on any atom is 0.330 e. The van der Waals surface area contributed by atoms with Crippen LogP contribution in [0.25, 0.3) is 11.0 Å². The van der Waals surface area contributed by atoms with Crippen LogP contribution in [-0.2, 0) is 14.3 Å². The van der Waals surface area contributed by atoms with Gasteiger partial charge in [-0.2, -0.15) is 12.6 Å². The molecule has 2 heterocycles. The average molecular weight is 375 g/mol. The largest absolute Gasteiger partial charge is 0.464 e. The summed E-state index contributed by atoms with van der Waals surface area (Å²) in [5.74, 6) is -2.56. The average Bonchev–Trinajstić information content (AvgIpc) is 3.30. The first-order valence-electron chi connectivity index (χ1n) is 8.54. The van der Waals surface area contributed by atoms with Crippen LogP contribution in [-0.4, -0.2) is 35.1 Å². The molecule has 26 heavy (non-hydrogen) atoms. The highest BCUT2D eigenvalue weighted by atomic mass is 32.1. The molecule has 0 amide bonds. The molecule has 2 aromatic rings. The van der Waals surface area contributed by atoms with E-state index in [4.69, 9.17) is 9.15 Å². The third-order valence-corrected chi connectivity index (χ3v) is 5.50. The van der Waals surface area contributed by atoms with Crippen molar-refractivity contribution in [1.29, 1.82) is 0 Å². The number of esters is 2. The molecule has 0 spiro atoms. The number of carbonyl (C=O) groups is 3. The van der Waals surface area contributed by atoms with Crippen LogP contribution in [0.2, 0.25) is 0 Å². The quantitative estimate of drug-likeness (QED) is 0.362. The third kappa shape index (κ3) is 3.41. The first kappa shape index (κ1) is 18.7.